The number of hydrogen-bond donors (Lipinski definition) is 1. The molecular weight excluding hydrogens is 297 g/mol. The average Bonchev–Trinajstić information content (AvgIpc) is 2.35. The minimum atomic E-state index is -0.254. The minimum Gasteiger partial charge on any atom is -0.391 e. The topological polar surface area (TPSA) is 23.5 Å². The summed E-state index contributed by atoms with van der Waals surface area (Å²) in [5.74, 6) is -0.231. The number of benzene rings is 1. The Kier molecular flexibility index (Phi) is 4.76. The van der Waals surface area contributed by atoms with Crippen LogP contribution in [0.2, 0.25) is 0 Å². The fraction of sp³-hybridized carbons (Fsp3) is 0.571. The summed E-state index contributed by atoms with van der Waals surface area (Å²) in [4.78, 5) is 2.13. The van der Waals surface area contributed by atoms with Crippen LogP contribution in [0.4, 0.5) is 4.39 Å². The maximum absolute atomic E-state index is 13.4. The van der Waals surface area contributed by atoms with Gasteiger partial charge in [-0.25, -0.2) is 4.39 Å². The van der Waals surface area contributed by atoms with E-state index in [9.17, 15) is 9.50 Å². The van der Waals surface area contributed by atoms with Crippen LogP contribution in [0, 0.1) is 5.82 Å². The molecule has 0 amide bonds. The molecule has 0 bridgehead atoms. The van der Waals surface area contributed by atoms with Crippen LogP contribution >= 0.6 is 15.9 Å². The first-order chi connectivity index (χ1) is 8.59. The Balaban J connectivity index is 2.06. The summed E-state index contributed by atoms with van der Waals surface area (Å²) < 4.78 is 14.0. The van der Waals surface area contributed by atoms with Crippen LogP contribution in [0.1, 0.15) is 31.2 Å². The lowest BCUT2D eigenvalue weighted by Crippen LogP contribution is -2.42. The highest BCUT2D eigenvalue weighted by molar-refractivity contribution is 9.10. The fourth-order valence-electron chi connectivity index (χ4n) is 2.66. The van der Waals surface area contributed by atoms with E-state index in [1.807, 2.05) is 13.1 Å². The van der Waals surface area contributed by atoms with Crippen molar-refractivity contribution in [3.63, 3.8) is 0 Å². The zero-order chi connectivity index (χ0) is 13.1. The third-order valence-electron chi connectivity index (χ3n) is 3.71. The molecule has 1 fully saturated rings. The van der Waals surface area contributed by atoms with Crippen molar-refractivity contribution < 1.29 is 9.50 Å². The first-order valence-electron chi connectivity index (χ1n) is 6.41. The van der Waals surface area contributed by atoms with Gasteiger partial charge in [-0.05, 0) is 47.4 Å². The van der Waals surface area contributed by atoms with Crippen LogP contribution in [-0.2, 0) is 6.54 Å². The number of halogens is 2. The van der Waals surface area contributed by atoms with Crippen LogP contribution in [0.15, 0.2) is 22.7 Å². The Morgan fingerprint density at radius 1 is 1.39 bits per heavy atom. The number of aliphatic hydroxyl groups is 1. The number of aliphatic hydroxyl groups excluding tert-OH is 1. The van der Waals surface area contributed by atoms with Gasteiger partial charge in [-0.1, -0.05) is 25.0 Å². The van der Waals surface area contributed by atoms with Crippen LogP contribution in [-0.4, -0.2) is 29.2 Å². The van der Waals surface area contributed by atoms with E-state index in [0.29, 0.717) is 11.0 Å². The molecule has 0 saturated heterocycles. The van der Waals surface area contributed by atoms with E-state index in [0.717, 1.165) is 31.2 Å². The summed E-state index contributed by atoms with van der Waals surface area (Å²) in [6, 6.07) is 5.27. The lowest BCUT2D eigenvalue weighted by molar-refractivity contribution is 0.0287. The molecule has 0 spiro atoms. The third kappa shape index (κ3) is 3.11. The molecule has 0 aliphatic heterocycles. The quantitative estimate of drug-likeness (QED) is 0.925. The number of likely N-dealkylation sites (N-methyl/N-ethyl adjacent to an activating group) is 1. The van der Waals surface area contributed by atoms with E-state index < -0.39 is 0 Å². The maximum Gasteiger partial charge on any atom is 0.137 e. The SMILES string of the molecule is CN(Cc1cccc(F)c1Br)C1CCCCC1O. The van der Waals surface area contributed by atoms with E-state index in [4.69, 9.17) is 0 Å². The fourth-order valence-corrected chi connectivity index (χ4v) is 3.05. The second-order valence-corrected chi connectivity index (χ2v) is 5.84. The summed E-state index contributed by atoms with van der Waals surface area (Å²) in [5.41, 5.74) is 0.926. The molecule has 1 aromatic rings. The van der Waals surface area contributed by atoms with E-state index >= 15 is 0 Å². The van der Waals surface area contributed by atoms with E-state index in [2.05, 4.69) is 20.8 Å². The highest BCUT2D eigenvalue weighted by Crippen LogP contribution is 2.26. The normalized spacial score (nSPS) is 24.5. The predicted octanol–water partition coefficient (Wildman–Crippen LogP) is 3.32. The largest absolute Gasteiger partial charge is 0.391 e. The summed E-state index contributed by atoms with van der Waals surface area (Å²) in [6.07, 6.45) is 3.91. The Morgan fingerprint density at radius 3 is 2.83 bits per heavy atom. The third-order valence-corrected chi connectivity index (χ3v) is 4.60. The van der Waals surface area contributed by atoms with Gasteiger partial charge >= 0.3 is 0 Å². The molecule has 1 aromatic carbocycles. The highest BCUT2D eigenvalue weighted by Gasteiger charge is 2.26. The molecule has 2 rings (SSSR count). The molecule has 0 heterocycles. The first kappa shape index (κ1) is 14.0. The zero-order valence-corrected chi connectivity index (χ0v) is 12.2. The molecule has 2 unspecified atom stereocenters. The predicted molar refractivity (Wildman–Crippen MR) is 73.8 cm³/mol. The molecule has 2 atom stereocenters. The van der Waals surface area contributed by atoms with Gasteiger partial charge in [0.25, 0.3) is 0 Å². The maximum atomic E-state index is 13.4. The average molecular weight is 316 g/mol. The van der Waals surface area contributed by atoms with Crippen molar-refractivity contribution in [1.82, 2.24) is 4.90 Å². The smallest absolute Gasteiger partial charge is 0.137 e. The van der Waals surface area contributed by atoms with E-state index in [-0.39, 0.29) is 18.0 Å². The van der Waals surface area contributed by atoms with Gasteiger partial charge in [0.1, 0.15) is 5.82 Å². The van der Waals surface area contributed by atoms with Crippen molar-refractivity contribution in [2.75, 3.05) is 7.05 Å². The van der Waals surface area contributed by atoms with Gasteiger partial charge in [0.15, 0.2) is 0 Å². The molecule has 0 radical (unpaired) electrons. The van der Waals surface area contributed by atoms with Gasteiger partial charge in [0.2, 0.25) is 0 Å². The molecule has 18 heavy (non-hydrogen) atoms. The van der Waals surface area contributed by atoms with E-state index in [1.54, 1.807) is 6.07 Å². The van der Waals surface area contributed by atoms with Crippen molar-refractivity contribution in [1.29, 1.82) is 0 Å². The molecule has 1 N–H and O–H groups in total. The molecule has 0 aromatic heterocycles. The summed E-state index contributed by atoms with van der Waals surface area (Å²) in [5, 5.41) is 10.0. The van der Waals surface area contributed by atoms with Gasteiger partial charge in [0.05, 0.1) is 10.6 Å². The van der Waals surface area contributed by atoms with Crippen LogP contribution in [0.5, 0.6) is 0 Å². The number of hydrogen-bond acceptors (Lipinski definition) is 2. The van der Waals surface area contributed by atoms with Crippen molar-refractivity contribution in [3.8, 4) is 0 Å². The Bertz CT molecular complexity index is 413. The second kappa shape index (κ2) is 6.13. The van der Waals surface area contributed by atoms with E-state index in [1.165, 1.54) is 6.07 Å². The second-order valence-electron chi connectivity index (χ2n) is 5.05. The number of nitrogens with zero attached hydrogens (tertiary/aromatic N) is 1. The molecule has 4 heteroatoms. The first-order valence-corrected chi connectivity index (χ1v) is 7.20. The lowest BCUT2D eigenvalue weighted by Gasteiger charge is -2.35. The van der Waals surface area contributed by atoms with Crippen LogP contribution in [0.25, 0.3) is 0 Å². The van der Waals surface area contributed by atoms with Gasteiger partial charge in [-0.15, -0.1) is 0 Å². The molecule has 1 saturated carbocycles. The molecule has 1 aliphatic carbocycles. The standard InChI is InChI=1S/C14H19BrFNO/c1-17(12-7-2-3-8-13(12)18)9-10-5-4-6-11(16)14(10)15/h4-6,12-13,18H,2-3,7-9H2,1H3. The van der Waals surface area contributed by atoms with Gasteiger partial charge in [-0.2, -0.15) is 0 Å². The Morgan fingerprint density at radius 2 is 2.11 bits per heavy atom. The van der Waals surface area contributed by atoms with Crippen molar-refractivity contribution in [2.24, 2.45) is 0 Å². The summed E-state index contributed by atoms with van der Waals surface area (Å²) in [7, 11) is 2.00. The van der Waals surface area contributed by atoms with Gasteiger partial charge in [0, 0.05) is 12.6 Å². The van der Waals surface area contributed by atoms with Gasteiger partial charge in [-0.3, -0.25) is 4.90 Å². The van der Waals surface area contributed by atoms with Crippen LogP contribution in [0.3, 0.4) is 0 Å². The molecule has 2 nitrogen and oxygen atoms in total. The Labute approximate surface area is 116 Å². The Hall–Kier alpha value is -0.450. The number of rotatable bonds is 3. The molecule has 100 valence electrons. The zero-order valence-electron chi connectivity index (χ0n) is 10.6. The monoisotopic (exact) mass is 315 g/mol. The van der Waals surface area contributed by atoms with Crippen LogP contribution < -0.4 is 0 Å². The summed E-state index contributed by atoms with van der Waals surface area (Å²) in [6.45, 7) is 0.653. The van der Waals surface area contributed by atoms with Crippen molar-refractivity contribution in [2.45, 2.75) is 44.4 Å². The highest BCUT2D eigenvalue weighted by atomic mass is 79.9. The minimum absolute atomic E-state index is 0.189. The van der Waals surface area contributed by atoms with Crippen molar-refractivity contribution >= 4 is 15.9 Å². The van der Waals surface area contributed by atoms with Crippen molar-refractivity contribution in [3.05, 3.63) is 34.1 Å². The molecular formula is C14H19BrFNO. The molecule has 1 aliphatic rings. The lowest BCUT2D eigenvalue weighted by atomic mass is 9.91. The van der Waals surface area contributed by atoms with Gasteiger partial charge < -0.3 is 5.11 Å². The summed E-state index contributed by atoms with van der Waals surface area (Å²) >= 11 is 3.28.